The number of amides is 3. The molecule has 44 heavy (non-hydrogen) atoms. The van der Waals surface area contributed by atoms with E-state index in [0.717, 1.165) is 10.1 Å². The molecule has 0 bridgehead atoms. The Labute approximate surface area is 253 Å². The first kappa shape index (κ1) is 33.0. The summed E-state index contributed by atoms with van der Waals surface area (Å²) < 4.78 is 6.96. The minimum atomic E-state index is -1.78. The summed E-state index contributed by atoms with van der Waals surface area (Å²) in [5.74, 6) is -1.76. The zero-order valence-corrected chi connectivity index (χ0v) is 24.4. The van der Waals surface area contributed by atoms with Gasteiger partial charge in [0.1, 0.15) is 24.1 Å². The van der Waals surface area contributed by atoms with Gasteiger partial charge < -0.3 is 51.5 Å². The molecule has 0 saturated carbocycles. The molecule has 0 radical (unpaired) electrons. The van der Waals surface area contributed by atoms with Gasteiger partial charge in [0.05, 0.1) is 19.2 Å². The molecule has 6 atom stereocenters. The van der Waals surface area contributed by atoms with Crippen molar-refractivity contribution in [2.75, 3.05) is 58.2 Å². The van der Waals surface area contributed by atoms with Crippen LogP contribution in [0.5, 0.6) is 0 Å². The predicted molar refractivity (Wildman–Crippen MR) is 157 cm³/mol. The van der Waals surface area contributed by atoms with Gasteiger partial charge in [-0.05, 0) is 25.1 Å². The predicted octanol–water partition coefficient (Wildman–Crippen LogP) is -3.87. The number of hydrogen-bond acceptors (Lipinski definition) is 12. The highest BCUT2D eigenvalue weighted by Gasteiger charge is 2.50. The van der Waals surface area contributed by atoms with Crippen LogP contribution >= 0.6 is 0 Å². The SMILES string of the molecule is CNCC(=O)N[C@H](CO)C(=O)N[C@H]1[C@H](O)[C@@H](O)[C@H](n2ccc(NCCc3ccccc3)nc2=O)O[C@@H]1C(=O)N1CCNCC1. The van der Waals surface area contributed by atoms with Crippen molar-refractivity contribution >= 4 is 23.5 Å². The minimum Gasteiger partial charge on any atom is -0.394 e. The summed E-state index contributed by atoms with van der Waals surface area (Å²) in [6.07, 6.45) is -4.56. The molecule has 2 aliphatic heterocycles. The van der Waals surface area contributed by atoms with Crippen LogP contribution in [0.25, 0.3) is 0 Å². The van der Waals surface area contributed by atoms with Gasteiger partial charge in [0, 0.05) is 38.9 Å². The molecule has 8 N–H and O–H groups in total. The van der Waals surface area contributed by atoms with Gasteiger partial charge in [-0.2, -0.15) is 4.98 Å². The Kier molecular flexibility index (Phi) is 11.8. The summed E-state index contributed by atoms with van der Waals surface area (Å²) in [6, 6.07) is 8.39. The number of hydrogen-bond donors (Lipinski definition) is 8. The number of aliphatic hydroxyl groups excluding tert-OH is 3. The largest absolute Gasteiger partial charge is 0.394 e. The number of likely N-dealkylation sites (N-methyl/N-ethyl adjacent to an activating group) is 1. The van der Waals surface area contributed by atoms with Crippen molar-refractivity contribution < 1.29 is 34.4 Å². The lowest BCUT2D eigenvalue weighted by molar-refractivity contribution is -0.218. The fourth-order valence-corrected chi connectivity index (χ4v) is 5.09. The number of anilines is 1. The summed E-state index contributed by atoms with van der Waals surface area (Å²) in [4.78, 5) is 57.2. The number of carbonyl (C=O) groups is 3. The third-order valence-corrected chi connectivity index (χ3v) is 7.44. The lowest BCUT2D eigenvalue weighted by Gasteiger charge is -2.44. The van der Waals surface area contributed by atoms with Crippen LogP contribution in [0.15, 0.2) is 47.4 Å². The molecule has 240 valence electrons. The quantitative estimate of drug-likeness (QED) is 0.115. The molecule has 2 aliphatic rings. The molecule has 3 heterocycles. The maximum Gasteiger partial charge on any atom is 0.351 e. The van der Waals surface area contributed by atoms with E-state index in [-0.39, 0.29) is 6.54 Å². The standard InChI is InChI=1S/C28H40N8O8/c1-29-15-20(38)32-18(16-37)25(41)34-21-22(39)23(40)27(44-24(21)26(42)35-13-10-30-11-14-35)36-12-8-19(33-28(36)43)31-9-7-17-5-3-2-4-6-17/h2-6,8,12,18,21-24,27,29-30,37,39-40H,7,9-11,13-16H2,1H3,(H,32,38)(H,34,41)(H,31,33,43)/t18-,21+,22+,23-,24+,27-/m1/s1. The normalized spacial score (nSPS) is 24.3. The minimum absolute atomic E-state index is 0.117. The van der Waals surface area contributed by atoms with Crippen molar-refractivity contribution in [1.29, 1.82) is 0 Å². The molecule has 3 amide bonds. The van der Waals surface area contributed by atoms with Crippen LogP contribution in [-0.2, 0) is 25.5 Å². The number of aliphatic hydroxyl groups is 3. The maximum absolute atomic E-state index is 13.6. The van der Waals surface area contributed by atoms with Crippen molar-refractivity contribution in [3.8, 4) is 0 Å². The molecule has 1 aromatic heterocycles. The average molecular weight is 617 g/mol. The van der Waals surface area contributed by atoms with Crippen LogP contribution in [0, 0.1) is 0 Å². The van der Waals surface area contributed by atoms with Gasteiger partial charge >= 0.3 is 5.69 Å². The number of nitrogens with zero attached hydrogens (tertiary/aromatic N) is 3. The first-order chi connectivity index (χ1) is 21.2. The molecular formula is C28H40N8O8. The fraction of sp³-hybridized carbons (Fsp3) is 0.536. The molecule has 2 fully saturated rings. The zero-order chi connectivity index (χ0) is 31.6. The van der Waals surface area contributed by atoms with Crippen molar-refractivity contribution in [2.24, 2.45) is 0 Å². The van der Waals surface area contributed by atoms with Gasteiger partial charge in [0.25, 0.3) is 5.91 Å². The summed E-state index contributed by atoms with van der Waals surface area (Å²) in [5, 5.41) is 45.6. The van der Waals surface area contributed by atoms with Crippen molar-refractivity contribution in [1.82, 2.24) is 35.7 Å². The third kappa shape index (κ3) is 8.16. The lowest BCUT2D eigenvalue weighted by atomic mass is 9.93. The van der Waals surface area contributed by atoms with E-state index in [4.69, 9.17) is 4.74 Å². The van der Waals surface area contributed by atoms with E-state index < -0.39 is 66.6 Å². The van der Waals surface area contributed by atoms with E-state index in [2.05, 4.69) is 31.6 Å². The molecular weight excluding hydrogens is 576 g/mol. The Hall–Kier alpha value is -3.93. The second kappa shape index (κ2) is 15.7. The van der Waals surface area contributed by atoms with Gasteiger partial charge in [-0.3, -0.25) is 19.0 Å². The number of aromatic nitrogens is 2. The molecule has 4 rings (SSSR count). The Bertz CT molecular complexity index is 1320. The zero-order valence-electron chi connectivity index (χ0n) is 24.4. The van der Waals surface area contributed by atoms with Crippen LogP contribution < -0.4 is 32.3 Å². The van der Waals surface area contributed by atoms with Crippen molar-refractivity contribution in [3.63, 3.8) is 0 Å². The highest BCUT2D eigenvalue weighted by atomic mass is 16.5. The lowest BCUT2D eigenvalue weighted by Crippen LogP contribution is -2.68. The second-order valence-electron chi connectivity index (χ2n) is 10.5. The van der Waals surface area contributed by atoms with Gasteiger partial charge in [-0.15, -0.1) is 0 Å². The third-order valence-electron chi connectivity index (χ3n) is 7.44. The highest BCUT2D eigenvalue weighted by Crippen LogP contribution is 2.29. The Balaban J connectivity index is 1.53. The smallest absolute Gasteiger partial charge is 0.351 e. The van der Waals surface area contributed by atoms with Crippen LogP contribution in [0.2, 0.25) is 0 Å². The summed E-state index contributed by atoms with van der Waals surface area (Å²) >= 11 is 0. The molecule has 1 aromatic carbocycles. The number of benzene rings is 1. The van der Waals surface area contributed by atoms with Crippen LogP contribution in [0.4, 0.5) is 5.82 Å². The van der Waals surface area contributed by atoms with E-state index in [9.17, 15) is 34.5 Å². The summed E-state index contributed by atoms with van der Waals surface area (Å²) in [6.45, 7) is 1.30. The van der Waals surface area contributed by atoms with E-state index >= 15 is 0 Å². The fourth-order valence-electron chi connectivity index (χ4n) is 5.09. The number of nitrogens with one attached hydrogen (secondary N) is 5. The molecule has 0 spiro atoms. The Morgan fingerprint density at radius 2 is 1.84 bits per heavy atom. The maximum atomic E-state index is 13.6. The van der Waals surface area contributed by atoms with E-state index in [1.54, 1.807) is 0 Å². The van der Waals surface area contributed by atoms with Gasteiger partial charge in [0.15, 0.2) is 12.3 Å². The molecule has 16 nitrogen and oxygen atoms in total. The summed E-state index contributed by atoms with van der Waals surface area (Å²) in [7, 11) is 1.53. The Morgan fingerprint density at radius 3 is 2.50 bits per heavy atom. The molecule has 0 aliphatic carbocycles. The topological polar surface area (TPSA) is 219 Å². The first-order valence-corrected chi connectivity index (χ1v) is 14.5. The molecule has 2 aromatic rings. The second-order valence-corrected chi connectivity index (χ2v) is 10.5. The average Bonchev–Trinajstić information content (AvgIpc) is 3.03. The number of carbonyl (C=O) groups excluding carboxylic acids is 3. The highest BCUT2D eigenvalue weighted by molar-refractivity contribution is 5.89. The van der Waals surface area contributed by atoms with E-state index in [0.29, 0.717) is 45.0 Å². The van der Waals surface area contributed by atoms with Crippen molar-refractivity contribution in [3.05, 3.63) is 58.6 Å². The number of rotatable bonds is 12. The van der Waals surface area contributed by atoms with Crippen molar-refractivity contribution in [2.45, 2.75) is 43.0 Å². The van der Waals surface area contributed by atoms with Crippen LogP contribution in [0.1, 0.15) is 11.8 Å². The van der Waals surface area contributed by atoms with E-state index in [1.165, 1.54) is 24.2 Å². The van der Waals surface area contributed by atoms with Crippen LogP contribution in [-0.4, -0.2) is 131 Å². The first-order valence-electron chi connectivity index (χ1n) is 14.5. The molecule has 16 heteroatoms. The van der Waals surface area contributed by atoms with Crippen LogP contribution in [0.3, 0.4) is 0 Å². The van der Waals surface area contributed by atoms with E-state index in [1.807, 2.05) is 30.3 Å². The van der Waals surface area contributed by atoms with Gasteiger partial charge in [-0.25, -0.2) is 4.79 Å². The number of piperazine rings is 1. The summed E-state index contributed by atoms with van der Waals surface area (Å²) in [5.41, 5.74) is 0.308. The molecule has 2 saturated heterocycles. The molecule has 0 unspecified atom stereocenters. The Morgan fingerprint density at radius 1 is 1.11 bits per heavy atom. The van der Waals surface area contributed by atoms with Gasteiger partial charge in [0.2, 0.25) is 11.8 Å². The monoisotopic (exact) mass is 616 g/mol. The number of ether oxygens (including phenoxy) is 1. The van der Waals surface area contributed by atoms with Gasteiger partial charge in [-0.1, -0.05) is 30.3 Å².